The molecule has 0 unspecified atom stereocenters. The average Bonchev–Trinajstić information content (AvgIpc) is 2.10. The van der Waals surface area contributed by atoms with E-state index in [1.54, 1.807) is 6.92 Å². The number of hydrogen-bond acceptors (Lipinski definition) is 1. The molecule has 0 bridgehead atoms. The van der Waals surface area contributed by atoms with Gasteiger partial charge in [-0.25, -0.2) is 0 Å². The summed E-state index contributed by atoms with van der Waals surface area (Å²) in [5.74, 6) is 0.286. The van der Waals surface area contributed by atoms with Crippen LogP contribution in [0.25, 0.3) is 0 Å². The van der Waals surface area contributed by atoms with Crippen molar-refractivity contribution in [3.8, 4) is 0 Å². The van der Waals surface area contributed by atoms with Crippen LogP contribution in [0.4, 0.5) is 0 Å². The van der Waals surface area contributed by atoms with Crippen LogP contribution in [0, 0.1) is 13.8 Å². The van der Waals surface area contributed by atoms with E-state index in [9.17, 15) is 4.79 Å². The Balaban J connectivity index is 2.51. The number of hydrogen-bond donors (Lipinski definition) is 0. The fourth-order valence-corrected chi connectivity index (χ4v) is 1.50. The van der Waals surface area contributed by atoms with Gasteiger partial charge in [0.2, 0.25) is 0 Å². The third-order valence-corrected chi connectivity index (χ3v) is 2.57. The van der Waals surface area contributed by atoms with E-state index >= 15 is 0 Å². The monoisotopic (exact) mass is 190 g/mol. The normalized spacial score (nSPS) is 10.2. The smallest absolute Gasteiger partial charge is 0.129 e. The number of aryl methyl sites for hydroxylation is 3. The second kappa shape index (κ2) is 4.94. The summed E-state index contributed by atoms with van der Waals surface area (Å²) in [5.41, 5.74) is 4.01. The molecule has 0 saturated carbocycles. The van der Waals surface area contributed by atoms with Crippen LogP contribution < -0.4 is 0 Å². The van der Waals surface area contributed by atoms with Crippen molar-refractivity contribution in [3.05, 3.63) is 34.9 Å². The van der Waals surface area contributed by atoms with Crippen molar-refractivity contribution in [3.63, 3.8) is 0 Å². The predicted molar refractivity (Wildman–Crippen MR) is 59.5 cm³/mol. The summed E-state index contributed by atoms with van der Waals surface area (Å²) in [6.07, 6.45) is 2.69. The first-order valence-electron chi connectivity index (χ1n) is 5.15. The summed E-state index contributed by atoms with van der Waals surface area (Å²) in [7, 11) is 0. The molecule has 1 nitrogen and oxygen atoms in total. The first kappa shape index (κ1) is 11.0. The van der Waals surface area contributed by atoms with E-state index in [2.05, 4.69) is 32.0 Å². The molecule has 14 heavy (non-hydrogen) atoms. The van der Waals surface area contributed by atoms with Crippen LogP contribution in [-0.4, -0.2) is 5.78 Å². The Hall–Kier alpha value is -1.11. The van der Waals surface area contributed by atoms with Gasteiger partial charge >= 0.3 is 0 Å². The fraction of sp³-hybridized carbons (Fsp3) is 0.462. The van der Waals surface area contributed by atoms with Gasteiger partial charge in [0.15, 0.2) is 0 Å². The van der Waals surface area contributed by atoms with Gasteiger partial charge in [-0.05, 0) is 50.3 Å². The van der Waals surface area contributed by atoms with E-state index in [0.717, 1.165) is 12.8 Å². The lowest BCUT2D eigenvalue weighted by Crippen LogP contribution is -1.93. The molecule has 1 aromatic rings. The lowest BCUT2D eigenvalue weighted by Gasteiger charge is -2.04. The molecule has 1 heteroatoms. The first-order chi connectivity index (χ1) is 6.59. The van der Waals surface area contributed by atoms with Gasteiger partial charge in [-0.3, -0.25) is 0 Å². The summed E-state index contributed by atoms with van der Waals surface area (Å²) in [6.45, 7) is 5.90. The molecule has 0 radical (unpaired) electrons. The van der Waals surface area contributed by atoms with E-state index in [0.29, 0.717) is 6.42 Å². The molecule has 0 atom stereocenters. The zero-order valence-electron chi connectivity index (χ0n) is 9.26. The number of Topliss-reactive ketones (excluding diaryl/α,β-unsaturated/α-hetero) is 1. The minimum Gasteiger partial charge on any atom is -0.300 e. The molecule has 0 amide bonds. The molecule has 0 aliphatic carbocycles. The highest BCUT2D eigenvalue weighted by Gasteiger charge is 1.98. The number of benzene rings is 1. The molecule has 0 aromatic heterocycles. The molecular weight excluding hydrogens is 172 g/mol. The lowest BCUT2D eigenvalue weighted by atomic mass is 10.0. The van der Waals surface area contributed by atoms with Crippen LogP contribution in [0.2, 0.25) is 0 Å². The Morgan fingerprint density at radius 1 is 1.21 bits per heavy atom. The molecular formula is C13H18O. The summed E-state index contributed by atoms with van der Waals surface area (Å²) in [6, 6.07) is 6.52. The zero-order chi connectivity index (χ0) is 10.6. The van der Waals surface area contributed by atoms with E-state index < -0.39 is 0 Å². The Kier molecular flexibility index (Phi) is 3.87. The molecule has 76 valence electrons. The predicted octanol–water partition coefficient (Wildman–Crippen LogP) is 3.22. The maximum atomic E-state index is 10.8. The molecule has 0 fully saturated rings. The van der Waals surface area contributed by atoms with Crippen molar-refractivity contribution in [2.24, 2.45) is 0 Å². The first-order valence-corrected chi connectivity index (χ1v) is 5.15. The number of carbonyl (C=O) groups excluding carboxylic acids is 1. The third kappa shape index (κ3) is 3.33. The molecule has 0 saturated heterocycles. The maximum absolute atomic E-state index is 10.8. The summed E-state index contributed by atoms with van der Waals surface area (Å²) < 4.78 is 0. The minimum absolute atomic E-state index is 0.286. The van der Waals surface area contributed by atoms with Crippen LogP contribution >= 0.6 is 0 Å². The number of rotatable bonds is 4. The minimum atomic E-state index is 0.286. The topological polar surface area (TPSA) is 17.1 Å². The van der Waals surface area contributed by atoms with Crippen molar-refractivity contribution in [2.75, 3.05) is 0 Å². The van der Waals surface area contributed by atoms with Gasteiger partial charge in [-0.1, -0.05) is 18.2 Å². The number of carbonyl (C=O) groups is 1. The van der Waals surface area contributed by atoms with Gasteiger partial charge in [0.05, 0.1) is 0 Å². The van der Waals surface area contributed by atoms with Crippen molar-refractivity contribution < 1.29 is 4.79 Å². The van der Waals surface area contributed by atoms with Gasteiger partial charge in [0.25, 0.3) is 0 Å². The van der Waals surface area contributed by atoms with E-state index in [1.165, 1.54) is 16.7 Å². The molecule has 1 aromatic carbocycles. The Morgan fingerprint density at radius 2 is 1.93 bits per heavy atom. The second-order valence-corrected chi connectivity index (χ2v) is 3.97. The van der Waals surface area contributed by atoms with Crippen molar-refractivity contribution in [2.45, 2.75) is 40.0 Å². The zero-order valence-corrected chi connectivity index (χ0v) is 9.26. The third-order valence-electron chi connectivity index (χ3n) is 2.57. The molecule has 0 aliphatic rings. The fourth-order valence-electron chi connectivity index (χ4n) is 1.50. The molecule has 0 aliphatic heterocycles. The van der Waals surface area contributed by atoms with Crippen molar-refractivity contribution in [1.82, 2.24) is 0 Å². The van der Waals surface area contributed by atoms with Gasteiger partial charge in [-0.2, -0.15) is 0 Å². The molecule has 0 spiro atoms. The van der Waals surface area contributed by atoms with Gasteiger partial charge in [-0.15, -0.1) is 0 Å². The molecule has 0 N–H and O–H groups in total. The van der Waals surface area contributed by atoms with Crippen LogP contribution in [0.3, 0.4) is 0 Å². The Morgan fingerprint density at radius 3 is 2.50 bits per heavy atom. The van der Waals surface area contributed by atoms with Crippen molar-refractivity contribution >= 4 is 5.78 Å². The average molecular weight is 190 g/mol. The summed E-state index contributed by atoms with van der Waals surface area (Å²) in [5, 5.41) is 0. The second-order valence-electron chi connectivity index (χ2n) is 3.97. The van der Waals surface area contributed by atoms with Crippen LogP contribution in [0.5, 0.6) is 0 Å². The highest BCUT2D eigenvalue weighted by atomic mass is 16.1. The van der Waals surface area contributed by atoms with Gasteiger partial charge in [0.1, 0.15) is 5.78 Å². The maximum Gasteiger partial charge on any atom is 0.129 e. The van der Waals surface area contributed by atoms with E-state index in [-0.39, 0.29) is 5.78 Å². The Bertz CT molecular complexity index is 326. The summed E-state index contributed by atoms with van der Waals surface area (Å²) >= 11 is 0. The highest BCUT2D eigenvalue weighted by Crippen LogP contribution is 2.12. The highest BCUT2D eigenvalue weighted by molar-refractivity contribution is 5.75. The van der Waals surface area contributed by atoms with Crippen molar-refractivity contribution in [1.29, 1.82) is 0 Å². The molecule has 0 heterocycles. The molecule has 1 rings (SSSR count). The van der Waals surface area contributed by atoms with Gasteiger partial charge < -0.3 is 4.79 Å². The van der Waals surface area contributed by atoms with Crippen LogP contribution in [0.15, 0.2) is 18.2 Å². The SMILES string of the molecule is CC(=O)CCCc1ccc(C)c(C)c1. The summed E-state index contributed by atoms with van der Waals surface area (Å²) in [4.78, 5) is 10.8. The standard InChI is InChI=1S/C13H18O/c1-10-7-8-13(9-11(10)2)6-4-5-12(3)14/h7-9H,4-6H2,1-3H3. The quantitative estimate of drug-likeness (QED) is 0.712. The van der Waals surface area contributed by atoms with Gasteiger partial charge in [0, 0.05) is 6.42 Å². The number of ketones is 1. The van der Waals surface area contributed by atoms with Crippen LogP contribution in [0.1, 0.15) is 36.5 Å². The van der Waals surface area contributed by atoms with Crippen LogP contribution in [-0.2, 0) is 11.2 Å². The Labute approximate surface area is 86.1 Å². The lowest BCUT2D eigenvalue weighted by molar-refractivity contribution is -0.117. The largest absolute Gasteiger partial charge is 0.300 e. The van der Waals surface area contributed by atoms with E-state index in [1.807, 2.05) is 0 Å². The van der Waals surface area contributed by atoms with E-state index in [4.69, 9.17) is 0 Å².